The van der Waals surface area contributed by atoms with E-state index in [-0.39, 0.29) is 47.7 Å². The minimum atomic E-state index is -0.756. The SMILES string of the molecule is CC(C)Oc1ccc2c(c1)OC1CC(=O)C=CC1=N2.CC1=C(OC(C)C)C(=O)C(C)(C)O1.CCc1cc(=O)oc2cc(OC(C)C)ccc12.Cc1nc(C)nc(OC(C)C)n1. The lowest BCUT2D eigenvalue weighted by Crippen LogP contribution is -2.33. The minimum absolute atomic E-state index is 0.00593. The lowest BCUT2D eigenvalue weighted by atomic mass is 10.00. The number of aromatic nitrogens is 3. The van der Waals surface area contributed by atoms with Crippen molar-refractivity contribution in [1.82, 2.24) is 15.0 Å². The Hall–Kier alpha value is -6.05. The Balaban J connectivity index is 0.000000182. The van der Waals surface area contributed by atoms with Crippen LogP contribution in [0.15, 0.2) is 80.3 Å². The Labute approximate surface area is 358 Å². The molecular formula is C47H60N4O10. The number of hydrogen-bond acceptors (Lipinski definition) is 14. The van der Waals surface area contributed by atoms with Gasteiger partial charge < -0.3 is 32.8 Å². The molecule has 7 rings (SSSR count). The molecule has 3 aliphatic rings. The Bertz CT molecular complexity index is 2320. The summed E-state index contributed by atoms with van der Waals surface area (Å²) in [4.78, 5) is 51.1. The second-order valence-corrected chi connectivity index (χ2v) is 16.1. The van der Waals surface area contributed by atoms with Crippen LogP contribution >= 0.6 is 0 Å². The molecular weight excluding hydrogens is 781 g/mol. The fraction of sp³-hybridized carbons (Fsp3) is 0.468. The smallest absolute Gasteiger partial charge is 0.336 e. The Morgan fingerprint density at radius 1 is 0.738 bits per heavy atom. The predicted octanol–water partition coefficient (Wildman–Crippen LogP) is 9.28. The van der Waals surface area contributed by atoms with Gasteiger partial charge in [-0.1, -0.05) is 6.92 Å². The summed E-state index contributed by atoms with van der Waals surface area (Å²) in [5, 5.41) is 0.975. The fourth-order valence-electron chi connectivity index (χ4n) is 6.15. The second kappa shape index (κ2) is 21.0. The number of Topliss-reactive ketones (excluding diaryl/α,β-unsaturated/α-hetero) is 1. The van der Waals surface area contributed by atoms with Crippen LogP contribution in [0.1, 0.15) is 107 Å². The van der Waals surface area contributed by atoms with Crippen LogP contribution in [0.25, 0.3) is 11.0 Å². The number of fused-ring (bicyclic) bond motifs is 3. The monoisotopic (exact) mass is 840 g/mol. The van der Waals surface area contributed by atoms with Crippen LogP contribution in [0, 0.1) is 13.8 Å². The maximum atomic E-state index is 11.7. The zero-order valence-corrected chi connectivity index (χ0v) is 37.9. The maximum Gasteiger partial charge on any atom is 0.336 e. The number of rotatable bonds is 9. The van der Waals surface area contributed by atoms with Crippen molar-refractivity contribution < 1.29 is 42.4 Å². The van der Waals surface area contributed by atoms with E-state index in [1.807, 2.05) is 106 Å². The van der Waals surface area contributed by atoms with Crippen molar-refractivity contribution in [1.29, 1.82) is 0 Å². The first-order valence-electron chi connectivity index (χ1n) is 20.6. The van der Waals surface area contributed by atoms with Crippen LogP contribution in [-0.2, 0) is 25.5 Å². The van der Waals surface area contributed by atoms with Gasteiger partial charge in [0.25, 0.3) is 0 Å². The molecule has 0 saturated carbocycles. The highest BCUT2D eigenvalue weighted by Crippen LogP contribution is 2.37. The summed E-state index contributed by atoms with van der Waals surface area (Å²) in [6.07, 6.45) is 4.51. The number of nitrogens with zero attached hydrogens (tertiary/aromatic N) is 4. The number of ether oxygens (including phenoxy) is 6. The highest BCUT2D eigenvalue weighted by Gasteiger charge is 2.42. The highest BCUT2D eigenvalue weighted by atomic mass is 16.6. The molecule has 0 fully saturated rings. The number of allylic oxidation sites excluding steroid dienone is 2. The van der Waals surface area contributed by atoms with Gasteiger partial charge in [-0.25, -0.2) is 14.8 Å². The third-order valence-corrected chi connectivity index (χ3v) is 8.55. The number of ketones is 2. The maximum absolute atomic E-state index is 11.7. The number of carbonyl (C=O) groups excluding carboxylic acids is 2. The topological polar surface area (TPSA) is 171 Å². The van der Waals surface area contributed by atoms with Crippen molar-refractivity contribution in [3.63, 3.8) is 0 Å². The molecule has 328 valence electrons. The zero-order valence-electron chi connectivity index (χ0n) is 37.9. The Morgan fingerprint density at radius 2 is 1.33 bits per heavy atom. The number of aliphatic imine (C=N–C) groups is 1. The van der Waals surface area contributed by atoms with Crippen LogP contribution in [0.4, 0.5) is 5.69 Å². The van der Waals surface area contributed by atoms with Gasteiger partial charge in [0.05, 0.1) is 36.5 Å². The average Bonchev–Trinajstić information content (AvgIpc) is 3.33. The van der Waals surface area contributed by atoms with Gasteiger partial charge in [-0.2, -0.15) is 9.97 Å². The summed E-state index contributed by atoms with van der Waals surface area (Å²) in [7, 11) is 0. The third-order valence-electron chi connectivity index (χ3n) is 8.55. The summed E-state index contributed by atoms with van der Waals surface area (Å²) in [5.41, 5.74) is 2.12. The Kier molecular flexibility index (Phi) is 16.4. The van der Waals surface area contributed by atoms with Crippen molar-refractivity contribution in [3.05, 3.63) is 93.8 Å². The van der Waals surface area contributed by atoms with E-state index >= 15 is 0 Å². The van der Waals surface area contributed by atoms with Crippen LogP contribution in [0.2, 0.25) is 0 Å². The van der Waals surface area contributed by atoms with E-state index in [2.05, 4.69) is 19.9 Å². The molecule has 0 amide bonds. The van der Waals surface area contributed by atoms with Gasteiger partial charge in [0.2, 0.25) is 11.5 Å². The first-order chi connectivity index (χ1) is 28.6. The van der Waals surface area contributed by atoms with Crippen LogP contribution < -0.4 is 24.6 Å². The number of carbonyl (C=O) groups is 2. The standard InChI is InChI=1S/C15H15NO3.C14H16O3.C10H16O3.C8H13N3O/c1-9(2)18-11-4-6-13-15(8-11)19-14-7-10(17)3-5-12(14)16-13;1-4-10-7-14(15)17-13-8-11(16-9(2)3)5-6-12(10)13;1-6(2)12-8-7(3)13-10(4,5)9(8)11;1-5(2)12-8-10-6(3)9-7(4)11-8/h3-6,8-9,14H,7H2,1-2H3;5-9H,4H2,1-3H3;6H,1-5H3;5H,1-4H3. The van der Waals surface area contributed by atoms with Crippen LogP contribution in [0.5, 0.6) is 23.3 Å². The van der Waals surface area contributed by atoms with Crippen molar-refractivity contribution in [3.8, 4) is 23.3 Å². The summed E-state index contributed by atoms with van der Waals surface area (Å²) < 4.78 is 38.3. The van der Waals surface area contributed by atoms with Gasteiger partial charge in [0.1, 0.15) is 52.0 Å². The highest BCUT2D eigenvalue weighted by molar-refractivity contribution is 6.11. The van der Waals surface area contributed by atoms with Gasteiger partial charge >= 0.3 is 11.6 Å². The molecule has 14 nitrogen and oxygen atoms in total. The first kappa shape index (κ1) is 47.6. The van der Waals surface area contributed by atoms with Gasteiger partial charge in [0.15, 0.2) is 11.4 Å². The number of benzene rings is 2. The second-order valence-electron chi connectivity index (χ2n) is 16.1. The lowest BCUT2D eigenvalue weighted by molar-refractivity contribution is -0.130. The summed E-state index contributed by atoms with van der Waals surface area (Å²) >= 11 is 0. The molecule has 0 saturated heterocycles. The van der Waals surface area contributed by atoms with Crippen molar-refractivity contribution in [2.45, 2.75) is 146 Å². The average molecular weight is 841 g/mol. The largest absolute Gasteiger partial charge is 0.491 e. The molecule has 0 bridgehead atoms. The van der Waals surface area contributed by atoms with Crippen LogP contribution in [0.3, 0.4) is 0 Å². The third kappa shape index (κ3) is 14.0. The van der Waals surface area contributed by atoms with Gasteiger partial charge in [0, 0.05) is 23.6 Å². The fourth-order valence-corrected chi connectivity index (χ4v) is 6.15. The molecule has 4 aromatic rings. The predicted molar refractivity (Wildman–Crippen MR) is 234 cm³/mol. The van der Waals surface area contributed by atoms with Gasteiger partial charge in [-0.05, 0) is 138 Å². The lowest BCUT2D eigenvalue weighted by Gasteiger charge is -2.26. The summed E-state index contributed by atoms with van der Waals surface area (Å²) in [6, 6.07) is 13.2. The molecule has 14 heteroatoms. The van der Waals surface area contributed by atoms with E-state index in [1.165, 1.54) is 0 Å². The molecule has 0 N–H and O–H groups in total. The van der Waals surface area contributed by atoms with Crippen molar-refractivity contribution in [2.75, 3.05) is 0 Å². The van der Waals surface area contributed by atoms with E-state index in [4.69, 9.17) is 32.8 Å². The normalized spacial score (nSPS) is 16.0. The van der Waals surface area contributed by atoms with Crippen molar-refractivity contribution in [2.24, 2.45) is 4.99 Å². The molecule has 1 unspecified atom stereocenters. The van der Waals surface area contributed by atoms with Gasteiger partial charge in [-0.15, -0.1) is 0 Å². The molecule has 2 aromatic carbocycles. The molecule has 4 heterocycles. The zero-order chi connectivity index (χ0) is 45.2. The molecule has 2 aliphatic heterocycles. The number of hydrogen-bond donors (Lipinski definition) is 0. The summed E-state index contributed by atoms with van der Waals surface area (Å²) in [5.74, 6) is 4.50. The molecule has 0 radical (unpaired) electrons. The molecule has 61 heavy (non-hydrogen) atoms. The van der Waals surface area contributed by atoms with E-state index in [9.17, 15) is 14.4 Å². The molecule has 1 atom stereocenters. The minimum Gasteiger partial charge on any atom is -0.491 e. The van der Waals surface area contributed by atoms with E-state index in [0.717, 1.165) is 40.3 Å². The molecule has 1 aliphatic carbocycles. The van der Waals surface area contributed by atoms with E-state index in [1.54, 1.807) is 45.1 Å². The van der Waals surface area contributed by atoms with Crippen molar-refractivity contribution >= 4 is 33.9 Å². The van der Waals surface area contributed by atoms with Gasteiger partial charge in [-0.3, -0.25) is 9.59 Å². The molecule has 2 aromatic heterocycles. The Morgan fingerprint density at radius 3 is 1.89 bits per heavy atom. The quantitative estimate of drug-likeness (QED) is 0.146. The van der Waals surface area contributed by atoms with Crippen LogP contribution in [-0.4, -0.2) is 68.4 Å². The van der Waals surface area contributed by atoms with E-state index < -0.39 is 5.60 Å². The number of aryl methyl sites for hydroxylation is 3. The van der Waals surface area contributed by atoms with E-state index in [0.29, 0.717) is 46.9 Å². The first-order valence-corrected chi connectivity index (χ1v) is 20.6. The summed E-state index contributed by atoms with van der Waals surface area (Å²) in [6.45, 7) is 26.4. The molecule has 0 spiro atoms.